The first-order chi connectivity index (χ1) is 14.2. The quantitative estimate of drug-likeness (QED) is 0.720. The highest BCUT2D eigenvalue weighted by Gasteiger charge is 2.54. The van der Waals surface area contributed by atoms with Crippen LogP contribution in [0.3, 0.4) is 0 Å². The van der Waals surface area contributed by atoms with Crippen LogP contribution >= 0.6 is 0 Å². The van der Waals surface area contributed by atoms with Crippen LogP contribution < -0.4 is 5.32 Å². The summed E-state index contributed by atoms with van der Waals surface area (Å²) in [5, 5.41) is 12.5. The molecule has 2 aliphatic heterocycles. The number of esters is 1. The Bertz CT molecular complexity index is 754. The minimum absolute atomic E-state index is 0.0392. The Kier molecular flexibility index (Phi) is 6.60. The van der Waals surface area contributed by atoms with Gasteiger partial charge in [0.2, 0.25) is 0 Å². The molecule has 2 aliphatic rings. The van der Waals surface area contributed by atoms with E-state index in [9.17, 15) is 14.7 Å². The number of piperidine rings is 1. The van der Waals surface area contributed by atoms with E-state index in [1.807, 2.05) is 30.9 Å². The number of rotatable bonds is 5. The van der Waals surface area contributed by atoms with Gasteiger partial charge in [-0.2, -0.15) is 0 Å². The zero-order valence-electron chi connectivity index (χ0n) is 18.7. The normalized spacial score (nSPS) is 22.1. The van der Waals surface area contributed by atoms with Crippen LogP contribution in [0.25, 0.3) is 0 Å². The highest BCUT2D eigenvalue weighted by atomic mass is 16.5. The molecule has 2 N–H and O–H groups in total. The summed E-state index contributed by atoms with van der Waals surface area (Å²) >= 11 is 0. The van der Waals surface area contributed by atoms with Gasteiger partial charge in [-0.3, -0.25) is 4.90 Å². The monoisotopic (exact) mass is 417 g/mol. The number of hydrogen-bond acceptors (Lipinski definition) is 5. The zero-order valence-corrected chi connectivity index (χ0v) is 18.7. The van der Waals surface area contributed by atoms with Crippen LogP contribution in [0.4, 0.5) is 4.79 Å². The predicted molar refractivity (Wildman–Crippen MR) is 115 cm³/mol. The number of ether oxygens (including phenoxy) is 1. The summed E-state index contributed by atoms with van der Waals surface area (Å²) in [7, 11) is 1.34. The van der Waals surface area contributed by atoms with E-state index in [-0.39, 0.29) is 23.1 Å². The Balaban J connectivity index is 1.68. The lowest BCUT2D eigenvalue weighted by Crippen LogP contribution is -2.64. The lowest BCUT2D eigenvalue weighted by atomic mass is 9.62. The molecule has 1 unspecified atom stereocenters. The number of hydrogen-bond donors (Lipinski definition) is 2. The predicted octanol–water partition coefficient (Wildman–Crippen LogP) is 3.15. The Hall–Kier alpha value is -2.28. The highest BCUT2D eigenvalue weighted by Crippen LogP contribution is 2.55. The third-order valence-electron chi connectivity index (χ3n) is 6.73. The number of urea groups is 1. The number of phenolic OH excluding ortho intramolecular Hbond substituents is 1. The molecule has 0 saturated carbocycles. The van der Waals surface area contributed by atoms with Gasteiger partial charge in [-0.15, -0.1) is 0 Å². The topological polar surface area (TPSA) is 82.1 Å². The minimum Gasteiger partial charge on any atom is -0.508 e. The van der Waals surface area contributed by atoms with Crippen molar-refractivity contribution in [2.24, 2.45) is 11.3 Å². The summed E-state index contributed by atoms with van der Waals surface area (Å²) in [5.41, 5.74) is 1.36. The van der Waals surface area contributed by atoms with E-state index in [1.54, 1.807) is 12.1 Å². The smallest absolute Gasteiger partial charge is 0.328 e. The molecule has 2 fully saturated rings. The van der Waals surface area contributed by atoms with Gasteiger partial charge in [0.15, 0.2) is 0 Å². The summed E-state index contributed by atoms with van der Waals surface area (Å²) in [4.78, 5) is 29.1. The largest absolute Gasteiger partial charge is 0.508 e. The molecule has 2 atom stereocenters. The van der Waals surface area contributed by atoms with Gasteiger partial charge < -0.3 is 20.1 Å². The summed E-state index contributed by atoms with van der Waals surface area (Å²) in [6.45, 7) is 10.6. The molecule has 30 heavy (non-hydrogen) atoms. The lowest BCUT2D eigenvalue weighted by molar-refractivity contribution is -0.144. The molecule has 2 amide bonds. The van der Waals surface area contributed by atoms with Crippen molar-refractivity contribution in [3.8, 4) is 5.75 Å². The number of carbonyl (C=O) groups excluding carboxylic acids is 2. The Morgan fingerprint density at radius 1 is 1.13 bits per heavy atom. The van der Waals surface area contributed by atoms with Crippen molar-refractivity contribution >= 4 is 12.0 Å². The van der Waals surface area contributed by atoms with Crippen LogP contribution in [0, 0.1) is 11.3 Å². The lowest BCUT2D eigenvalue weighted by Gasteiger charge is -2.62. The summed E-state index contributed by atoms with van der Waals surface area (Å²) in [6.07, 6.45) is 1.83. The molecule has 1 spiro atoms. The van der Waals surface area contributed by atoms with Crippen molar-refractivity contribution < 1.29 is 19.4 Å². The van der Waals surface area contributed by atoms with Crippen LogP contribution in [0.1, 0.15) is 52.1 Å². The summed E-state index contributed by atoms with van der Waals surface area (Å²) in [5.74, 6) is -0.173. The van der Waals surface area contributed by atoms with E-state index in [0.717, 1.165) is 19.4 Å². The number of aromatic hydroxyl groups is 1. The first-order valence-electron chi connectivity index (χ1n) is 10.9. The summed E-state index contributed by atoms with van der Waals surface area (Å²) in [6, 6.07) is 7.42. The fourth-order valence-corrected chi connectivity index (χ4v) is 4.90. The standard InChI is InChI=1S/C23H35N3O4/c1-15(2)19(21(28)30-5)24-22(29)25-12-10-23(11-13-25)14-26(16(3)4)20(23)17-6-8-18(27)9-7-17/h6-9,15-16,19-20,27H,10-14H2,1-5H3,(H,24,29)/t19-,20?/m0/s1. The number of nitrogens with one attached hydrogen (secondary N) is 1. The fraction of sp³-hybridized carbons (Fsp3) is 0.652. The number of methoxy groups -OCH3 is 1. The van der Waals surface area contributed by atoms with Gasteiger partial charge in [0, 0.05) is 37.1 Å². The molecule has 2 heterocycles. The van der Waals surface area contributed by atoms with Gasteiger partial charge in [-0.25, -0.2) is 9.59 Å². The van der Waals surface area contributed by atoms with Crippen molar-refractivity contribution in [2.75, 3.05) is 26.7 Å². The molecule has 7 nitrogen and oxygen atoms in total. The first-order valence-corrected chi connectivity index (χ1v) is 10.9. The minimum atomic E-state index is -0.636. The van der Waals surface area contributed by atoms with Crippen molar-refractivity contribution in [3.63, 3.8) is 0 Å². The third kappa shape index (κ3) is 4.26. The van der Waals surface area contributed by atoms with Crippen molar-refractivity contribution in [2.45, 2.75) is 58.7 Å². The van der Waals surface area contributed by atoms with E-state index in [2.05, 4.69) is 24.1 Å². The maximum atomic E-state index is 12.8. The molecule has 0 aromatic heterocycles. The molecule has 0 bridgehead atoms. The van der Waals surface area contributed by atoms with E-state index in [0.29, 0.717) is 25.2 Å². The average Bonchev–Trinajstić information content (AvgIpc) is 2.71. The van der Waals surface area contributed by atoms with Crippen LogP contribution in [-0.2, 0) is 9.53 Å². The second kappa shape index (κ2) is 8.84. The Labute approximate surface area is 179 Å². The van der Waals surface area contributed by atoms with Crippen molar-refractivity contribution in [1.29, 1.82) is 0 Å². The van der Waals surface area contributed by atoms with Gasteiger partial charge in [-0.05, 0) is 50.3 Å². The SMILES string of the molecule is COC(=O)[C@@H](NC(=O)N1CCC2(CC1)CN(C(C)C)C2c1ccc(O)cc1)C(C)C. The van der Waals surface area contributed by atoms with Crippen LogP contribution in [0.5, 0.6) is 5.75 Å². The Morgan fingerprint density at radius 3 is 2.23 bits per heavy atom. The van der Waals surface area contributed by atoms with Crippen LogP contribution in [0.15, 0.2) is 24.3 Å². The number of benzene rings is 1. The van der Waals surface area contributed by atoms with E-state index in [1.165, 1.54) is 12.7 Å². The molecular weight excluding hydrogens is 382 g/mol. The second-order valence-corrected chi connectivity index (χ2v) is 9.30. The molecule has 3 rings (SSSR count). The molecule has 0 radical (unpaired) electrons. The molecule has 7 heteroatoms. The van der Waals surface area contributed by atoms with E-state index < -0.39 is 12.0 Å². The fourth-order valence-electron chi connectivity index (χ4n) is 4.90. The van der Waals surface area contributed by atoms with E-state index in [4.69, 9.17) is 4.74 Å². The summed E-state index contributed by atoms with van der Waals surface area (Å²) < 4.78 is 4.83. The van der Waals surface area contributed by atoms with Gasteiger partial charge >= 0.3 is 12.0 Å². The maximum Gasteiger partial charge on any atom is 0.328 e. The molecular formula is C23H35N3O4. The maximum absolute atomic E-state index is 12.8. The molecule has 0 aliphatic carbocycles. The third-order valence-corrected chi connectivity index (χ3v) is 6.73. The number of carbonyl (C=O) groups is 2. The number of amides is 2. The highest BCUT2D eigenvalue weighted by molar-refractivity contribution is 5.83. The molecule has 1 aromatic rings. The Morgan fingerprint density at radius 2 is 1.73 bits per heavy atom. The first kappa shape index (κ1) is 22.4. The van der Waals surface area contributed by atoms with E-state index >= 15 is 0 Å². The second-order valence-electron chi connectivity index (χ2n) is 9.30. The van der Waals surface area contributed by atoms with Gasteiger partial charge in [0.25, 0.3) is 0 Å². The van der Waals surface area contributed by atoms with Gasteiger partial charge in [0.1, 0.15) is 11.8 Å². The molecule has 166 valence electrons. The van der Waals surface area contributed by atoms with Crippen LogP contribution in [0.2, 0.25) is 0 Å². The van der Waals surface area contributed by atoms with Crippen LogP contribution in [-0.4, -0.2) is 65.7 Å². The number of phenols is 1. The average molecular weight is 418 g/mol. The van der Waals surface area contributed by atoms with Crippen molar-refractivity contribution in [1.82, 2.24) is 15.1 Å². The van der Waals surface area contributed by atoms with Gasteiger partial charge in [-0.1, -0.05) is 26.0 Å². The number of likely N-dealkylation sites (tertiary alicyclic amines) is 2. The van der Waals surface area contributed by atoms with Crippen molar-refractivity contribution in [3.05, 3.63) is 29.8 Å². The molecule has 2 saturated heterocycles. The zero-order chi connectivity index (χ0) is 22.1. The molecule has 1 aromatic carbocycles. The van der Waals surface area contributed by atoms with Gasteiger partial charge in [0.05, 0.1) is 7.11 Å². The number of nitrogens with zero attached hydrogens (tertiary/aromatic N) is 2.